The lowest BCUT2D eigenvalue weighted by Crippen LogP contribution is -2.49. The lowest BCUT2D eigenvalue weighted by molar-refractivity contribution is -0.138. The van der Waals surface area contributed by atoms with Gasteiger partial charge in [0.1, 0.15) is 11.6 Å². The molecule has 0 saturated heterocycles. The number of rotatable bonds is 2. The Bertz CT molecular complexity index is 816. The zero-order chi connectivity index (χ0) is 20.1. The fourth-order valence-corrected chi connectivity index (χ4v) is 7.22. The molecule has 4 rings (SSSR count). The van der Waals surface area contributed by atoms with Crippen molar-refractivity contribution in [1.29, 1.82) is 5.26 Å². The van der Waals surface area contributed by atoms with E-state index in [1.807, 2.05) is 6.08 Å². The number of allylic oxidation sites excluding steroid dienone is 2. The van der Waals surface area contributed by atoms with Crippen molar-refractivity contribution in [2.24, 2.45) is 28.6 Å². The second kappa shape index (κ2) is 6.87. The first-order valence-electron chi connectivity index (χ1n) is 10.9. The Morgan fingerprint density at radius 1 is 1.14 bits per heavy atom. The van der Waals surface area contributed by atoms with Crippen molar-refractivity contribution >= 4 is 11.8 Å². The molecule has 4 heteroatoms. The summed E-state index contributed by atoms with van der Waals surface area (Å²) in [5, 5.41) is 9.69. The third-order valence-electron chi connectivity index (χ3n) is 8.64. The molecule has 0 aromatic carbocycles. The normalized spacial score (nSPS) is 41.1. The highest BCUT2D eigenvalue weighted by atomic mass is 16.5. The van der Waals surface area contributed by atoms with E-state index in [2.05, 4.69) is 19.9 Å². The number of ketones is 1. The topological polar surface area (TPSA) is 67.2 Å². The molecule has 5 atom stereocenters. The van der Waals surface area contributed by atoms with E-state index in [4.69, 9.17) is 4.74 Å². The van der Waals surface area contributed by atoms with Gasteiger partial charge in [-0.2, -0.15) is 5.26 Å². The van der Waals surface area contributed by atoms with Crippen LogP contribution in [0.5, 0.6) is 0 Å². The molecular weight excluding hydrogens is 350 g/mol. The van der Waals surface area contributed by atoms with Crippen molar-refractivity contribution in [2.75, 3.05) is 6.61 Å². The molecule has 28 heavy (non-hydrogen) atoms. The Morgan fingerprint density at radius 2 is 1.89 bits per heavy atom. The first-order valence-corrected chi connectivity index (χ1v) is 10.9. The molecule has 0 radical (unpaired) electrons. The molecule has 0 heterocycles. The average Bonchev–Trinajstić information content (AvgIpc) is 3.00. The second-order valence-electron chi connectivity index (χ2n) is 9.65. The van der Waals surface area contributed by atoms with Gasteiger partial charge in [-0.15, -0.1) is 0 Å². The Morgan fingerprint density at radius 3 is 2.61 bits per heavy atom. The standard InChI is InChI=1S/C24H31NO3/c1-4-28-22(27)18(14-25)20-8-7-19-17-6-5-15-13-16(26)9-11-23(15,2)21(17)10-12-24(19,20)3/h13,17,19,21H,4-12H2,1-3H3/b20-18+/t17-,19-,21-,23-,24-/m0/s1. The van der Waals surface area contributed by atoms with Gasteiger partial charge in [0, 0.05) is 6.42 Å². The molecule has 3 fully saturated rings. The van der Waals surface area contributed by atoms with Crippen LogP contribution in [-0.4, -0.2) is 18.4 Å². The van der Waals surface area contributed by atoms with Crippen LogP contribution in [-0.2, 0) is 14.3 Å². The fraction of sp³-hybridized carbons (Fsp3) is 0.708. The molecule has 4 nitrogen and oxygen atoms in total. The highest BCUT2D eigenvalue weighted by Crippen LogP contribution is 2.66. The number of carbonyl (C=O) groups is 2. The van der Waals surface area contributed by atoms with E-state index in [0.717, 1.165) is 50.5 Å². The van der Waals surface area contributed by atoms with Gasteiger partial charge in [0.15, 0.2) is 5.78 Å². The molecule has 0 unspecified atom stereocenters. The van der Waals surface area contributed by atoms with Crippen LogP contribution in [0.15, 0.2) is 22.8 Å². The Balaban J connectivity index is 1.68. The summed E-state index contributed by atoms with van der Waals surface area (Å²) in [5.74, 6) is 1.61. The molecule has 0 aromatic heterocycles. The zero-order valence-electron chi connectivity index (χ0n) is 17.3. The number of ether oxygens (including phenoxy) is 1. The van der Waals surface area contributed by atoms with Gasteiger partial charge in [-0.1, -0.05) is 19.4 Å². The molecule has 0 aromatic rings. The van der Waals surface area contributed by atoms with Gasteiger partial charge < -0.3 is 4.74 Å². The van der Waals surface area contributed by atoms with Crippen molar-refractivity contribution in [3.05, 3.63) is 22.8 Å². The quantitative estimate of drug-likeness (QED) is 0.387. The summed E-state index contributed by atoms with van der Waals surface area (Å²) in [6.07, 6.45) is 9.80. The van der Waals surface area contributed by atoms with E-state index in [1.54, 1.807) is 6.92 Å². The monoisotopic (exact) mass is 381 g/mol. The van der Waals surface area contributed by atoms with Gasteiger partial charge in [-0.3, -0.25) is 4.79 Å². The van der Waals surface area contributed by atoms with Crippen molar-refractivity contribution in [3.63, 3.8) is 0 Å². The maximum atomic E-state index is 12.4. The molecular formula is C24H31NO3. The number of esters is 1. The van der Waals surface area contributed by atoms with Gasteiger partial charge in [-0.25, -0.2) is 4.79 Å². The molecule has 0 aliphatic heterocycles. The van der Waals surface area contributed by atoms with Crippen LogP contribution in [0, 0.1) is 39.9 Å². The summed E-state index contributed by atoms with van der Waals surface area (Å²) in [6, 6.07) is 2.17. The first-order chi connectivity index (χ1) is 13.3. The van der Waals surface area contributed by atoms with Gasteiger partial charge in [0.05, 0.1) is 6.61 Å². The van der Waals surface area contributed by atoms with E-state index in [9.17, 15) is 14.9 Å². The Hall–Kier alpha value is -1.89. The summed E-state index contributed by atoms with van der Waals surface area (Å²) >= 11 is 0. The van der Waals surface area contributed by atoms with Crippen molar-refractivity contribution in [1.82, 2.24) is 0 Å². The second-order valence-corrected chi connectivity index (χ2v) is 9.65. The number of hydrogen-bond acceptors (Lipinski definition) is 4. The smallest absolute Gasteiger partial charge is 0.348 e. The maximum absolute atomic E-state index is 12.4. The molecule has 4 aliphatic carbocycles. The molecule has 0 N–H and O–H groups in total. The van der Waals surface area contributed by atoms with E-state index >= 15 is 0 Å². The van der Waals surface area contributed by atoms with Gasteiger partial charge >= 0.3 is 5.97 Å². The number of fused-ring (bicyclic) bond motifs is 5. The molecule has 0 spiro atoms. The zero-order valence-corrected chi connectivity index (χ0v) is 17.3. The van der Waals surface area contributed by atoms with Crippen LogP contribution in [0.3, 0.4) is 0 Å². The Kier molecular flexibility index (Phi) is 4.76. The number of carbonyl (C=O) groups excluding carboxylic acids is 2. The number of nitriles is 1. The van der Waals surface area contributed by atoms with E-state index < -0.39 is 5.97 Å². The summed E-state index contributed by atoms with van der Waals surface area (Å²) in [6.45, 7) is 6.75. The minimum atomic E-state index is -0.449. The van der Waals surface area contributed by atoms with Gasteiger partial charge in [0.2, 0.25) is 0 Å². The predicted octanol–water partition coefficient (Wildman–Crippen LogP) is 4.90. The van der Waals surface area contributed by atoms with Crippen LogP contribution < -0.4 is 0 Å². The van der Waals surface area contributed by atoms with Crippen molar-refractivity contribution < 1.29 is 14.3 Å². The summed E-state index contributed by atoms with van der Waals surface area (Å²) in [5.41, 5.74) is 2.77. The van der Waals surface area contributed by atoms with E-state index in [-0.39, 0.29) is 16.4 Å². The van der Waals surface area contributed by atoms with Crippen LogP contribution >= 0.6 is 0 Å². The average molecular weight is 382 g/mol. The van der Waals surface area contributed by atoms with Crippen molar-refractivity contribution in [2.45, 2.75) is 72.1 Å². The minimum absolute atomic E-state index is 0.0684. The third kappa shape index (κ3) is 2.70. The summed E-state index contributed by atoms with van der Waals surface area (Å²) in [7, 11) is 0. The molecule has 3 saturated carbocycles. The molecule has 0 bridgehead atoms. The van der Waals surface area contributed by atoms with Crippen LogP contribution in [0.4, 0.5) is 0 Å². The molecule has 4 aliphatic rings. The molecule has 150 valence electrons. The highest BCUT2D eigenvalue weighted by Gasteiger charge is 2.58. The maximum Gasteiger partial charge on any atom is 0.348 e. The minimum Gasteiger partial charge on any atom is -0.462 e. The predicted molar refractivity (Wildman–Crippen MR) is 106 cm³/mol. The summed E-state index contributed by atoms with van der Waals surface area (Å²) < 4.78 is 5.18. The van der Waals surface area contributed by atoms with Crippen molar-refractivity contribution in [3.8, 4) is 6.07 Å². The highest BCUT2D eigenvalue weighted by molar-refractivity contribution is 5.94. The van der Waals surface area contributed by atoms with Crippen LogP contribution in [0.25, 0.3) is 0 Å². The van der Waals surface area contributed by atoms with E-state index in [0.29, 0.717) is 36.6 Å². The molecule has 0 amide bonds. The SMILES string of the molecule is CCOC(=O)/C(C#N)=C1\CC[C@H]2[C@@H]3CCC4=CC(=O)CC[C@]4(C)[C@H]3CC[C@]12C. The number of nitrogens with zero attached hydrogens (tertiary/aromatic N) is 1. The first kappa shape index (κ1) is 19.4. The van der Waals surface area contributed by atoms with Crippen LogP contribution in [0.1, 0.15) is 72.1 Å². The van der Waals surface area contributed by atoms with Gasteiger partial charge in [0.25, 0.3) is 0 Å². The van der Waals surface area contributed by atoms with Crippen LogP contribution in [0.2, 0.25) is 0 Å². The van der Waals surface area contributed by atoms with Gasteiger partial charge in [-0.05, 0) is 92.1 Å². The lowest BCUT2D eigenvalue weighted by atomic mass is 9.47. The number of hydrogen-bond donors (Lipinski definition) is 0. The summed E-state index contributed by atoms with van der Waals surface area (Å²) in [4.78, 5) is 24.4. The van der Waals surface area contributed by atoms with E-state index in [1.165, 1.54) is 5.57 Å². The third-order valence-corrected chi connectivity index (χ3v) is 8.64. The lowest BCUT2D eigenvalue weighted by Gasteiger charge is -2.57. The Labute approximate surface area is 168 Å². The fourth-order valence-electron chi connectivity index (χ4n) is 7.22. The largest absolute Gasteiger partial charge is 0.462 e.